The summed E-state index contributed by atoms with van der Waals surface area (Å²) in [6, 6.07) is 0.624. The van der Waals surface area contributed by atoms with Crippen molar-refractivity contribution in [3.05, 3.63) is 0 Å². The van der Waals surface area contributed by atoms with Crippen molar-refractivity contribution >= 4 is 29.9 Å². The van der Waals surface area contributed by atoms with Crippen LogP contribution in [0.25, 0.3) is 0 Å². The van der Waals surface area contributed by atoms with Crippen LogP contribution in [-0.2, 0) is 4.74 Å². The molecule has 1 unspecified atom stereocenters. The molecule has 0 spiro atoms. The normalized spacial score (nSPS) is 19.4. The first-order chi connectivity index (χ1) is 9.81. The monoisotopic (exact) mass is 412 g/mol. The third-order valence-electron chi connectivity index (χ3n) is 3.67. The van der Waals surface area contributed by atoms with Gasteiger partial charge >= 0.3 is 0 Å². The molecule has 1 atom stereocenters. The average molecular weight is 412 g/mol. The van der Waals surface area contributed by atoms with Gasteiger partial charge in [-0.05, 0) is 46.2 Å². The first-order valence-electron chi connectivity index (χ1n) is 8.15. The molecule has 1 saturated heterocycles. The van der Waals surface area contributed by atoms with Crippen molar-refractivity contribution in [2.45, 2.75) is 46.1 Å². The summed E-state index contributed by atoms with van der Waals surface area (Å²) in [7, 11) is 0. The van der Waals surface area contributed by atoms with Gasteiger partial charge in [-0.3, -0.25) is 9.89 Å². The highest BCUT2D eigenvalue weighted by molar-refractivity contribution is 14.0. The van der Waals surface area contributed by atoms with E-state index >= 15 is 0 Å². The van der Waals surface area contributed by atoms with Crippen LogP contribution in [0.2, 0.25) is 0 Å². The van der Waals surface area contributed by atoms with Gasteiger partial charge in [-0.2, -0.15) is 0 Å². The zero-order chi connectivity index (χ0) is 14.6. The molecule has 1 heterocycles. The topological polar surface area (TPSA) is 48.9 Å². The molecule has 0 radical (unpaired) electrons. The van der Waals surface area contributed by atoms with Crippen LogP contribution < -0.4 is 10.6 Å². The molecule has 21 heavy (non-hydrogen) atoms. The van der Waals surface area contributed by atoms with Gasteiger partial charge < -0.3 is 15.4 Å². The summed E-state index contributed by atoms with van der Waals surface area (Å²) >= 11 is 0. The molecule has 1 fully saturated rings. The Morgan fingerprint density at radius 3 is 2.76 bits per heavy atom. The summed E-state index contributed by atoms with van der Waals surface area (Å²) in [6.07, 6.45) is 3.61. The lowest BCUT2D eigenvalue weighted by atomic mass is 10.2. The van der Waals surface area contributed by atoms with E-state index in [2.05, 4.69) is 29.4 Å². The zero-order valence-corrected chi connectivity index (χ0v) is 16.2. The lowest BCUT2D eigenvalue weighted by Crippen LogP contribution is -2.39. The third-order valence-corrected chi connectivity index (χ3v) is 3.67. The molecule has 2 N–H and O–H groups in total. The van der Waals surface area contributed by atoms with Gasteiger partial charge in [0.15, 0.2) is 5.96 Å². The second-order valence-corrected chi connectivity index (χ2v) is 5.12. The van der Waals surface area contributed by atoms with Gasteiger partial charge in [-0.25, -0.2) is 0 Å². The summed E-state index contributed by atoms with van der Waals surface area (Å²) < 4.78 is 5.34. The van der Waals surface area contributed by atoms with Gasteiger partial charge in [0, 0.05) is 32.3 Å². The second-order valence-electron chi connectivity index (χ2n) is 5.12. The van der Waals surface area contributed by atoms with Crippen molar-refractivity contribution in [2.24, 2.45) is 4.99 Å². The van der Waals surface area contributed by atoms with Crippen LogP contribution >= 0.6 is 24.0 Å². The van der Waals surface area contributed by atoms with E-state index in [0.29, 0.717) is 6.04 Å². The maximum absolute atomic E-state index is 5.34. The number of nitrogens with zero attached hydrogens (tertiary/aromatic N) is 2. The van der Waals surface area contributed by atoms with Gasteiger partial charge in [-0.1, -0.05) is 6.92 Å². The van der Waals surface area contributed by atoms with Gasteiger partial charge in [0.05, 0.1) is 6.54 Å². The van der Waals surface area contributed by atoms with Crippen LogP contribution in [0.5, 0.6) is 0 Å². The van der Waals surface area contributed by atoms with Crippen molar-refractivity contribution in [1.82, 2.24) is 15.5 Å². The molecule has 0 aliphatic carbocycles. The number of aliphatic imine (C=N–C) groups is 1. The molecule has 0 aromatic carbocycles. The van der Waals surface area contributed by atoms with E-state index in [0.717, 1.165) is 51.8 Å². The number of guanidine groups is 1. The number of hydrogen-bond donors (Lipinski definition) is 2. The Morgan fingerprint density at radius 2 is 2.10 bits per heavy atom. The van der Waals surface area contributed by atoms with Crippen LogP contribution in [0, 0.1) is 0 Å². The molecule has 0 saturated carbocycles. The van der Waals surface area contributed by atoms with Gasteiger partial charge in [0.25, 0.3) is 0 Å². The Balaban J connectivity index is 0.00000400. The third kappa shape index (κ3) is 8.83. The van der Waals surface area contributed by atoms with Crippen molar-refractivity contribution < 1.29 is 4.74 Å². The van der Waals surface area contributed by atoms with Crippen LogP contribution in [0.3, 0.4) is 0 Å². The standard InChI is InChI=1S/C15H32N4O.HI/c1-4-16-15(17-10-8-12-20-6-3)18-13-14-9-7-11-19(14)5-2;/h14H,4-13H2,1-3H3,(H2,16,17,18);1H. The number of hydrogen-bond acceptors (Lipinski definition) is 3. The van der Waals surface area contributed by atoms with E-state index in [4.69, 9.17) is 9.73 Å². The molecule has 0 bridgehead atoms. The molecule has 5 nitrogen and oxygen atoms in total. The number of likely N-dealkylation sites (N-methyl/N-ethyl adjacent to an activating group) is 1. The van der Waals surface area contributed by atoms with E-state index in [1.807, 2.05) is 6.92 Å². The fourth-order valence-corrected chi connectivity index (χ4v) is 2.58. The van der Waals surface area contributed by atoms with E-state index in [9.17, 15) is 0 Å². The van der Waals surface area contributed by atoms with Gasteiger partial charge in [-0.15, -0.1) is 24.0 Å². The molecular formula is C15H33IN4O. The average Bonchev–Trinajstić information content (AvgIpc) is 2.91. The largest absolute Gasteiger partial charge is 0.382 e. The fourth-order valence-electron chi connectivity index (χ4n) is 2.58. The quantitative estimate of drug-likeness (QED) is 0.264. The maximum atomic E-state index is 5.34. The second kappa shape index (κ2) is 13.6. The summed E-state index contributed by atoms with van der Waals surface area (Å²) in [6.45, 7) is 13.1. The van der Waals surface area contributed by atoms with Crippen molar-refractivity contribution in [1.29, 1.82) is 0 Å². The summed E-state index contributed by atoms with van der Waals surface area (Å²) in [5.74, 6) is 0.937. The Hall–Kier alpha value is -0.0800. The van der Waals surface area contributed by atoms with Crippen LogP contribution in [-0.4, -0.2) is 62.8 Å². The number of halogens is 1. The first-order valence-corrected chi connectivity index (χ1v) is 8.15. The minimum atomic E-state index is 0. The molecule has 1 rings (SSSR count). The molecule has 1 aliphatic heterocycles. The minimum absolute atomic E-state index is 0. The highest BCUT2D eigenvalue weighted by Gasteiger charge is 2.22. The smallest absolute Gasteiger partial charge is 0.191 e. The Labute approximate surface area is 147 Å². The van der Waals surface area contributed by atoms with Crippen LogP contribution in [0.15, 0.2) is 4.99 Å². The molecule has 126 valence electrons. The first kappa shape index (κ1) is 20.9. The summed E-state index contributed by atoms with van der Waals surface area (Å²) in [4.78, 5) is 7.25. The Bertz CT molecular complexity index is 276. The SMILES string of the molecule is CCNC(=NCC1CCCN1CC)NCCCOCC.I. The number of nitrogens with one attached hydrogen (secondary N) is 2. The van der Waals surface area contributed by atoms with Gasteiger partial charge in [0.2, 0.25) is 0 Å². The molecule has 6 heteroatoms. The number of rotatable bonds is 9. The van der Waals surface area contributed by atoms with E-state index in [1.54, 1.807) is 0 Å². The zero-order valence-electron chi connectivity index (χ0n) is 13.9. The predicted octanol–water partition coefficient (Wildman–Crippen LogP) is 2.07. The summed E-state index contributed by atoms with van der Waals surface area (Å²) in [5, 5.41) is 6.69. The molecular weight excluding hydrogens is 379 g/mol. The minimum Gasteiger partial charge on any atom is -0.382 e. The molecule has 0 aromatic heterocycles. The Morgan fingerprint density at radius 1 is 1.29 bits per heavy atom. The number of likely N-dealkylation sites (tertiary alicyclic amines) is 1. The highest BCUT2D eigenvalue weighted by Crippen LogP contribution is 2.16. The highest BCUT2D eigenvalue weighted by atomic mass is 127. The van der Waals surface area contributed by atoms with Crippen LogP contribution in [0.4, 0.5) is 0 Å². The fraction of sp³-hybridized carbons (Fsp3) is 0.933. The van der Waals surface area contributed by atoms with E-state index in [-0.39, 0.29) is 24.0 Å². The predicted molar refractivity (Wildman–Crippen MR) is 101 cm³/mol. The molecule has 0 amide bonds. The molecule has 0 aromatic rings. The lowest BCUT2D eigenvalue weighted by Gasteiger charge is -2.21. The van der Waals surface area contributed by atoms with Crippen molar-refractivity contribution in [3.63, 3.8) is 0 Å². The molecule has 1 aliphatic rings. The van der Waals surface area contributed by atoms with E-state index in [1.165, 1.54) is 19.4 Å². The maximum Gasteiger partial charge on any atom is 0.191 e. The lowest BCUT2D eigenvalue weighted by molar-refractivity contribution is 0.145. The van der Waals surface area contributed by atoms with E-state index < -0.39 is 0 Å². The number of ether oxygens (including phenoxy) is 1. The van der Waals surface area contributed by atoms with Crippen molar-refractivity contribution in [2.75, 3.05) is 45.9 Å². The van der Waals surface area contributed by atoms with Crippen molar-refractivity contribution in [3.8, 4) is 0 Å². The Kier molecular flexibility index (Phi) is 13.5. The van der Waals surface area contributed by atoms with Crippen LogP contribution in [0.1, 0.15) is 40.0 Å². The van der Waals surface area contributed by atoms with Gasteiger partial charge in [0.1, 0.15) is 0 Å². The summed E-state index contributed by atoms with van der Waals surface area (Å²) in [5.41, 5.74) is 0.